The van der Waals surface area contributed by atoms with E-state index in [0.717, 1.165) is 44.5 Å². The summed E-state index contributed by atoms with van der Waals surface area (Å²) < 4.78 is 12.1. The highest BCUT2D eigenvalue weighted by Crippen LogP contribution is 2.31. The van der Waals surface area contributed by atoms with E-state index in [0.29, 0.717) is 11.8 Å². The summed E-state index contributed by atoms with van der Waals surface area (Å²) in [6.07, 6.45) is 4.21. The van der Waals surface area contributed by atoms with E-state index in [-0.39, 0.29) is 10.8 Å². The van der Waals surface area contributed by atoms with Crippen molar-refractivity contribution in [2.75, 3.05) is 0 Å². The summed E-state index contributed by atoms with van der Waals surface area (Å²) in [7, 11) is 0. The first-order valence-electron chi connectivity index (χ1n) is 13.7. The van der Waals surface area contributed by atoms with Crippen LogP contribution < -0.4 is 0 Å². The molecule has 0 saturated carbocycles. The highest BCUT2D eigenvalue weighted by Gasteiger charge is 2.17. The Labute approximate surface area is 235 Å². The van der Waals surface area contributed by atoms with Crippen LogP contribution in [0.5, 0.6) is 0 Å². The third kappa shape index (κ3) is 5.22. The molecule has 0 N–H and O–H groups in total. The van der Waals surface area contributed by atoms with Crippen LogP contribution in [0.3, 0.4) is 0 Å². The Balaban J connectivity index is 1.16. The summed E-state index contributed by atoms with van der Waals surface area (Å²) in [5.41, 5.74) is 10.2. The second-order valence-corrected chi connectivity index (χ2v) is 12.5. The first-order valence-corrected chi connectivity index (χ1v) is 13.7. The van der Waals surface area contributed by atoms with E-state index in [1.807, 2.05) is 12.1 Å². The van der Waals surface area contributed by atoms with Crippen LogP contribution in [0.25, 0.3) is 57.3 Å². The van der Waals surface area contributed by atoms with Gasteiger partial charge in [-0.1, -0.05) is 90.1 Å². The lowest BCUT2D eigenvalue weighted by Crippen LogP contribution is -2.10. The SMILES string of the molecule is CC(C)(C)c1ccc2oc(-c3ccc(/C=C\c4ccc(-c5nc6cc(C(C)(C)C)ccc6o5)cc4)cc3)nc2c1. The Morgan fingerprint density at radius 2 is 0.875 bits per heavy atom. The maximum absolute atomic E-state index is 6.04. The number of nitrogens with zero attached hydrogens (tertiary/aromatic N) is 2. The van der Waals surface area contributed by atoms with E-state index >= 15 is 0 Å². The van der Waals surface area contributed by atoms with Gasteiger partial charge in [-0.3, -0.25) is 0 Å². The predicted octanol–water partition coefficient (Wildman–Crippen LogP) is 10.1. The third-order valence-electron chi connectivity index (χ3n) is 7.29. The van der Waals surface area contributed by atoms with E-state index in [1.165, 1.54) is 11.1 Å². The van der Waals surface area contributed by atoms with Gasteiger partial charge >= 0.3 is 0 Å². The largest absolute Gasteiger partial charge is 0.436 e. The van der Waals surface area contributed by atoms with Gasteiger partial charge in [0.25, 0.3) is 0 Å². The molecule has 0 aliphatic heterocycles. The van der Waals surface area contributed by atoms with E-state index in [2.05, 4.69) is 126 Å². The van der Waals surface area contributed by atoms with Gasteiger partial charge in [0, 0.05) is 11.1 Å². The predicted molar refractivity (Wildman–Crippen MR) is 165 cm³/mol. The minimum absolute atomic E-state index is 0.0718. The fraction of sp³-hybridized carbons (Fsp3) is 0.222. The summed E-state index contributed by atoms with van der Waals surface area (Å²) in [5.74, 6) is 1.28. The zero-order chi connectivity index (χ0) is 28.1. The number of oxazole rings is 2. The first kappa shape index (κ1) is 25.8. The molecule has 6 aromatic rings. The van der Waals surface area contributed by atoms with Gasteiger partial charge in [-0.2, -0.15) is 0 Å². The van der Waals surface area contributed by atoms with Crippen LogP contribution in [0.2, 0.25) is 0 Å². The molecule has 0 amide bonds. The van der Waals surface area contributed by atoms with Crippen LogP contribution in [0.15, 0.2) is 93.8 Å². The van der Waals surface area contributed by atoms with Gasteiger partial charge in [0.15, 0.2) is 11.2 Å². The molecule has 0 radical (unpaired) electrons. The lowest BCUT2D eigenvalue weighted by Gasteiger charge is -2.18. The monoisotopic (exact) mass is 526 g/mol. The average Bonchev–Trinajstić information content (AvgIpc) is 3.55. The van der Waals surface area contributed by atoms with E-state index in [1.54, 1.807) is 0 Å². The summed E-state index contributed by atoms with van der Waals surface area (Å²) in [5, 5.41) is 0. The van der Waals surface area contributed by atoms with Gasteiger partial charge in [0.2, 0.25) is 11.8 Å². The third-order valence-corrected chi connectivity index (χ3v) is 7.29. The number of aromatic nitrogens is 2. The summed E-state index contributed by atoms with van der Waals surface area (Å²) in [6, 6.07) is 29.1. The quantitative estimate of drug-likeness (QED) is 0.214. The van der Waals surface area contributed by atoms with E-state index in [4.69, 9.17) is 18.8 Å². The molecular formula is C36H34N2O2. The number of rotatable bonds is 4. The maximum atomic E-state index is 6.04. The number of hydrogen-bond acceptors (Lipinski definition) is 4. The van der Waals surface area contributed by atoms with Crippen molar-refractivity contribution in [1.82, 2.24) is 9.97 Å². The molecule has 2 aromatic heterocycles. The minimum atomic E-state index is 0.0718. The lowest BCUT2D eigenvalue weighted by atomic mass is 9.87. The number of benzene rings is 4. The van der Waals surface area contributed by atoms with Gasteiger partial charge in [0.1, 0.15) is 11.0 Å². The second kappa shape index (κ2) is 9.63. The molecule has 0 aliphatic rings. The van der Waals surface area contributed by atoms with Crippen LogP contribution in [-0.2, 0) is 10.8 Å². The molecule has 0 fully saturated rings. The second-order valence-electron chi connectivity index (χ2n) is 12.5. The minimum Gasteiger partial charge on any atom is -0.436 e. The van der Waals surface area contributed by atoms with Crippen LogP contribution >= 0.6 is 0 Å². The molecule has 0 aliphatic carbocycles. The lowest BCUT2D eigenvalue weighted by molar-refractivity contribution is 0.589. The van der Waals surface area contributed by atoms with Gasteiger partial charge < -0.3 is 8.83 Å². The molecule has 4 heteroatoms. The molecule has 200 valence electrons. The average molecular weight is 527 g/mol. The molecule has 4 aromatic carbocycles. The van der Waals surface area contributed by atoms with Crippen LogP contribution in [0, 0.1) is 0 Å². The molecule has 0 bridgehead atoms. The fourth-order valence-corrected chi connectivity index (χ4v) is 4.70. The van der Waals surface area contributed by atoms with Crippen molar-refractivity contribution in [3.63, 3.8) is 0 Å². The maximum Gasteiger partial charge on any atom is 0.227 e. The van der Waals surface area contributed by atoms with Crippen molar-refractivity contribution in [1.29, 1.82) is 0 Å². The number of fused-ring (bicyclic) bond motifs is 2. The zero-order valence-corrected chi connectivity index (χ0v) is 23.9. The summed E-state index contributed by atoms with van der Waals surface area (Å²) in [4.78, 5) is 9.49. The van der Waals surface area contributed by atoms with Gasteiger partial charge in [-0.15, -0.1) is 0 Å². The Morgan fingerprint density at radius 3 is 1.23 bits per heavy atom. The highest BCUT2D eigenvalue weighted by molar-refractivity contribution is 5.79. The standard InChI is InChI=1S/C36H34N2O2/c1-35(2,3)27-17-19-31-29(21-27)37-33(39-31)25-13-9-23(10-14-25)7-8-24-11-15-26(16-12-24)34-38-30-22-28(36(4,5)6)18-20-32(30)40-34/h7-22H,1-6H3/b8-7-. The molecule has 40 heavy (non-hydrogen) atoms. The zero-order valence-electron chi connectivity index (χ0n) is 23.9. The Kier molecular flexibility index (Phi) is 6.22. The molecule has 0 atom stereocenters. The molecule has 4 nitrogen and oxygen atoms in total. The summed E-state index contributed by atoms with van der Waals surface area (Å²) in [6.45, 7) is 13.2. The van der Waals surface area contributed by atoms with Crippen molar-refractivity contribution in [2.24, 2.45) is 0 Å². The summed E-state index contributed by atoms with van der Waals surface area (Å²) >= 11 is 0. The van der Waals surface area contributed by atoms with Gasteiger partial charge in [0.05, 0.1) is 0 Å². The van der Waals surface area contributed by atoms with Crippen molar-refractivity contribution in [2.45, 2.75) is 52.4 Å². The highest BCUT2D eigenvalue weighted by atomic mass is 16.4. The molecule has 0 spiro atoms. The molecule has 6 rings (SSSR count). The Bertz CT molecular complexity index is 1700. The fourth-order valence-electron chi connectivity index (χ4n) is 4.70. The normalized spacial score (nSPS) is 12.7. The van der Waals surface area contributed by atoms with Crippen molar-refractivity contribution in [3.8, 4) is 22.9 Å². The Hall–Kier alpha value is -4.44. The van der Waals surface area contributed by atoms with Crippen LogP contribution in [0.4, 0.5) is 0 Å². The molecule has 2 heterocycles. The molecular weight excluding hydrogens is 492 g/mol. The Morgan fingerprint density at radius 1 is 0.500 bits per heavy atom. The van der Waals surface area contributed by atoms with Gasteiger partial charge in [-0.25, -0.2) is 9.97 Å². The molecule has 0 unspecified atom stereocenters. The molecule has 0 saturated heterocycles. The van der Waals surface area contributed by atoms with Crippen molar-refractivity contribution < 1.29 is 8.83 Å². The van der Waals surface area contributed by atoms with E-state index in [9.17, 15) is 0 Å². The number of hydrogen-bond donors (Lipinski definition) is 0. The first-order chi connectivity index (χ1) is 19.0. The van der Waals surface area contributed by atoms with Crippen molar-refractivity contribution >= 4 is 34.4 Å². The van der Waals surface area contributed by atoms with E-state index < -0.39 is 0 Å². The van der Waals surface area contributed by atoms with Crippen LogP contribution in [0.1, 0.15) is 63.8 Å². The van der Waals surface area contributed by atoms with Crippen molar-refractivity contribution in [3.05, 3.63) is 107 Å². The van der Waals surface area contributed by atoms with Crippen LogP contribution in [-0.4, -0.2) is 9.97 Å². The van der Waals surface area contributed by atoms with Gasteiger partial charge in [-0.05, 0) is 81.6 Å². The smallest absolute Gasteiger partial charge is 0.227 e. The topological polar surface area (TPSA) is 52.1 Å².